The van der Waals surface area contributed by atoms with Crippen LogP contribution >= 0.6 is 0 Å². The van der Waals surface area contributed by atoms with E-state index in [1.54, 1.807) is 0 Å². The molecule has 1 heterocycles. The maximum absolute atomic E-state index is 11.9. The fraction of sp³-hybridized carbons (Fsp3) is 0.263. The lowest BCUT2D eigenvalue weighted by atomic mass is 10.0. The number of hydrogen-bond acceptors (Lipinski definition) is 2. The Morgan fingerprint density at radius 3 is 2.78 bits per heavy atom. The van der Waals surface area contributed by atoms with E-state index in [0.717, 1.165) is 6.42 Å². The van der Waals surface area contributed by atoms with E-state index in [-0.39, 0.29) is 11.8 Å². The van der Waals surface area contributed by atoms with Gasteiger partial charge in [0.1, 0.15) is 0 Å². The summed E-state index contributed by atoms with van der Waals surface area (Å²) in [6, 6.07) is 16.5. The van der Waals surface area contributed by atoms with Crippen LogP contribution in [-0.4, -0.2) is 15.7 Å². The Kier molecular flexibility index (Phi) is 4.42. The first-order chi connectivity index (χ1) is 11.2. The summed E-state index contributed by atoms with van der Waals surface area (Å²) in [7, 11) is 0. The summed E-state index contributed by atoms with van der Waals surface area (Å²) in [4.78, 5) is 11.9. The van der Waals surface area contributed by atoms with Gasteiger partial charge in [-0.2, -0.15) is 5.10 Å². The fourth-order valence-electron chi connectivity index (χ4n) is 2.56. The predicted octanol–water partition coefficient (Wildman–Crippen LogP) is 4.07. The second-order valence-electron chi connectivity index (χ2n) is 5.84. The van der Waals surface area contributed by atoms with E-state index in [0.29, 0.717) is 12.4 Å². The van der Waals surface area contributed by atoms with Crippen molar-refractivity contribution in [2.45, 2.75) is 26.8 Å². The van der Waals surface area contributed by atoms with Gasteiger partial charge in [-0.1, -0.05) is 56.3 Å². The number of nitrogens with zero attached hydrogens (tertiary/aromatic N) is 2. The van der Waals surface area contributed by atoms with Gasteiger partial charge in [0.2, 0.25) is 5.91 Å². The van der Waals surface area contributed by atoms with E-state index in [2.05, 4.69) is 40.7 Å². The number of amides is 1. The largest absolute Gasteiger partial charge is 0.309 e. The third kappa shape index (κ3) is 3.42. The lowest BCUT2D eigenvalue weighted by molar-refractivity contribution is -0.119. The molecule has 1 amide bonds. The van der Waals surface area contributed by atoms with E-state index < -0.39 is 0 Å². The molecule has 0 spiro atoms. The molecule has 2 aromatic carbocycles. The van der Waals surface area contributed by atoms with Crippen LogP contribution in [0.5, 0.6) is 0 Å². The van der Waals surface area contributed by atoms with E-state index in [1.165, 1.54) is 16.3 Å². The van der Waals surface area contributed by atoms with Crippen molar-refractivity contribution in [1.29, 1.82) is 0 Å². The molecule has 1 atom stereocenters. The van der Waals surface area contributed by atoms with Gasteiger partial charge >= 0.3 is 0 Å². The summed E-state index contributed by atoms with van der Waals surface area (Å²) in [5.74, 6) is 0.622. The van der Waals surface area contributed by atoms with Gasteiger partial charge in [0.15, 0.2) is 5.82 Å². The topological polar surface area (TPSA) is 46.9 Å². The molecule has 1 N–H and O–H groups in total. The highest BCUT2D eigenvalue weighted by Crippen LogP contribution is 2.19. The van der Waals surface area contributed by atoms with Crippen LogP contribution in [0.25, 0.3) is 10.8 Å². The number of rotatable bonds is 5. The zero-order valence-corrected chi connectivity index (χ0v) is 13.5. The molecule has 0 aliphatic rings. The van der Waals surface area contributed by atoms with E-state index in [1.807, 2.05) is 42.9 Å². The molecule has 0 radical (unpaired) electrons. The minimum Gasteiger partial charge on any atom is -0.309 e. The molecule has 1 aromatic heterocycles. The Labute approximate surface area is 136 Å². The Hall–Kier alpha value is -2.62. The van der Waals surface area contributed by atoms with Crippen molar-refractivity contribution in [2.24, 2.45) is 5.92 Å². The average Bonchev–Trinajstić information content (AvgIpc) is 3.01. The first kappa shape index (κ1) is 15.3. The summed E-state index contributed by atoms with van der Waals surface area (Å²) >= 11 is 0. The molecular weight excluding hydrogens is 286 g/mol. The molecule has 0 unspecified atom stereocenters. The molecule has 3 rings (SSSR count). The summed E-state index contributed by atoms with van der Waals surface area (Å²) in [6.07, 6.45) is 2.72. The van der Waals surface area contributed by atoms with Crippen molar-refractivity contribution >= 4 is 22.5 Å². The molecule has 3 aromatic rings. The molecule has 0 fully saturated rings. The standard InChI is InChI=1S/C19H21N3O/c1-3-14(2)19(23)20-18-11-12-22(21-18)13-16-9-6-8-15-7-4-5-10-17(15)16/h4-12,14H,3,13H2,1-2H3,(H,20,21,23)/t14-/m0/s1. The van der Waals surface area contributed by atoms with Gasteiger partial charge in [0.25, 0.3) is 0 Å². The summed E-state index contributed by atoms with van der Waals surface area (Å²) in [5.41, 5.74) is 1.21. The average molecular weight is 307 g/mol. The zero-order valence-electron chi connectivity index (χ0n) is 13.5. The van der Waals surface area contributed by atoms with Crippen LogP contribution in [0.4, 0.5) is 5.82 Å². The SMILES string of the molecule is CC[C@H](C)C(=O)Nc1ccn(Cc2cccc3ccccc23)n1. The number of aromatic nitrogens is 2. The molecular formula is C19H21N3O. The molecule has 0 aliphatic heterocycles. The smallest absolute Gasteiger partial charge is 0.228 e. The van der Waals surface area contributed by atoms with Gasteiger partial charge in [-0.05, 0) is 22.8 Å². The van der Waals surface area contributed by atoms with Crippen LogP contribution in [0, 0.1) is 5.92 Å². The van der Waals surface area contributed by atoms with Gasteiger partial charge in [0, 0.05) is 18.2 Å². The van der Waals surface area contributed by atoms with E-state index in [9.17, 15) is 4.79 Å². The molecule has 0 saturated carbocycles. The third-order valence-electron chi connectivity index (χ3n) is 4.16. The van der Waals surface area contributed by atoms with Crippen molar-refractivity contribution in [3.05, 3.63) is 60.3 Å². The molecule has 0 aliphatic carbocycles. The van der Waals surface area contributed by atoms with Crippen LogP contribution in [0.15, 0.2) is 54.7 Å². The van der Waals surface area contributed by atoms with Gasteiger partial charge in [-0.3, -0.25) is 9.48 Å². The van der Waals surface area contributed by atoms with Crippen LogP contribution < -0.4 is 5.32 Å². The molecule has 4 heteroatoms. The summed E-state index contributed by atoms with van der Waals surface area (Å²) in [5, 5.41) is 9.78. The Morgan fingerprint density at radius 1 is 1.17 bits per heavy atom. The number of carbonyl (C=O) groups excluding carboxylic acids is 1. The van der Waals surface area contributed by atoms with Crippen LogP contribution in [-0.2, 0) is 11.3 Å². The van der Waals surface area contributed by atoms with Crippen LogP contribution in [0.2, 0.25) is 0 Å². The van der Waals surface area contributed by atoms with Crippen molar-refractivity contribution < 1.29 is 4.79 Å². The summed E-state index contributed by atoms with van der Waals surface area (Å²) < 4.78 is 1.86. The maximum atomic E-state index is 11.9. The van der Waals surface area contributed by atoms with Gasteiger partial charge < -0.3 is 5.32 Å². The fourth-order valence-corrected chi connectivity index (χ4v) is 2.56. The minimum absolute atomic E-state index is 0.00165. The van der Waals surface area contributed by atoms with Crippen molar-refractivity contribution in [1.82, 2.24) is 9.78 Å². The second kappa shape index (κ2) is 6.65. The minimum atomic E-state index is -0.00165. The number of benzene rings is 2. The highest BCUT2D eigenvalue weighted by atomic mass is 16.1. The van der Waals surface area contributed by atoms with Gasteiger partial charge in [-0.15, -0.1) is 0 Å². The Bertz CT molecular complexity index is 817. The number of fused-ring (bicyclic) bond motifs is 1. The van der Waals surface area contributed by atoms with Gasteiger partial charge in [-0.25, -0.2) is 0 Å². The quantitative estimate of drug-likeness (QED) is 0.772. The first-order valence-corrected chi connectivity index (χ1v) is 7.98. The Balaban J connectivity index is 1.77. The number of anilines is 1. The van der Waals surface area contributed by atoms with Crippen molar-refractivity contribution in [3.8, 4) is 0 Å². The first-order valence-electron chi connectivity index (χ1n) is 7.98. The van der Waals surface area contributed by atoms with Crippen LogP contribution in [0.3, 0.4) is 0 Å². The van der Waals surface area contributed by atoms with E-state index >= 15 is 0 Å². The number of carbonyl (C=O) groups is 1. The second-order valence-corrected chi connectivity index (χ2v) is 5.84. The predicted molar refractivity (Wildman–Crippen MR) is 93.4 cm³/mol. The molecule has 0 bridgehead atoms. The maximum Gasteiger partial charge on any atom is 0.228 e. The van der Waals surface area contributed by atoms with Gasteiger partial charge in [0.05, 0.1) is 6.54 Å². The highest BCUT2D eigenvalue weighted by molar-refractivity contribution is 5.91. The van der Waals surface area contributed by atoms with Crippen molar-refractivity contribution in [2.75, 3.05) is 5.32 Å². The summed E-state index contributed by atoms with van der Waals surface area (Å²) in [6.45, 7) is 4.60. The molecule has 0 saturated heterocycles. The van der Waals surface area contributed by atoms with E-state index in [4.69, 9.17) is 0 Å². The zero-order chi connectivity index (χ0) is 16.2. The Morgan fingerprint density at radius 2 is 1.96 bits per heavy atom. The monoisotopic (exact) mass is 307 g/mol. The molecule has 23 heavy (non-hydrogen) atoms. The molecule has 4 nitrogen and oxygen atoms in total. The lowest BCUT2D eigenvalue weighted by Gasteiger charge is -2.08. The highest BCUT2D eigenvalue weighted by Gasteiger charge is 2.12. The number of hydrogen-bond donors (Lipinski definition) is 1. The third-order valence-corrected chi connectivity index (χ3v) is 4.16. The van der Waals surface area contributed by atoms with Crippen molar-refractivity contribution in [3.63, 3.8) is 0 Å². The molecule has 118 valence electrons. The normalized spacial score (nSPS) is 12.3. The van der Waals surface area contributed by atoms with Crippen LogP contribution in [0.1, 0.15) is 25.8 Å². The lowest BCUT2D eigenvalue weighted by Crippen LogP contribution is -2.20. The number of nitrogens with one attached hydrogen (secondary N) is 1.